The number of benzene rings is 1. The van der Waals surface area contributed by atoms with Crippen molar-refractivity contribution in [1.29, 1.82) is 0 Å². The van der Waals surface area contributed by atoms with Gasteiger partial charge in [0, 0.05) is 19.7 Å². The largest absolute Gasteiger partial charge is 0.396 e. The van der Waals surface area contributed by atoms with E-state index in [2.05, 4.69) is 4.90 Å². The van der Waals surface area contributed by atoms with Crippen molar-refractivity contribution >= 4 is 0 Å². The number of piperidine rings is 1. The molecule has 0 spiro atoms. The van der Waals surface area contributed by atoms with Gasteiger partial charge in [0.1, 0.15) is 0 Å². The van der Waals surface area contributed by atoms with E-state index in [1.54, 1.807) is 6.07 Å². The lowest BCUT2D eigenvalue weighted by atomic mass is 9.98. The molecule has 1 saturated heterocycles. The zero-order valence-electron chi connectivity index (χ0n) is 9.70. The summed E-state index contributed by atoms with van der Waals surface area (Å²) in [5.41, 5.74) is 0.780. The van der Waals surface area contributed by atoms with Gasteiger partial charge in [0.15, 0.2) is 11.6 Å². The van der Waals surface area contributed by atoms with Crippen LogP contribution >= 0.6 is 0 Å². The molecule has 0 aromatic heterocycles. The Kier molecular flexibility index (Phi) is 4.07. The topological polar surface area (TPSA) is 23.5 Å². The number of rotatable bonds is 3. The van der Waals surface area contributed by atoms with Crippen molar-refractivity contribution in [2.24, 2.45) is 5.92 Å². The number of aliphatic hydroxyl groups excluding tert-OH is 1. The fourth-order valence-electron chi connectivity index (χ4n) is 2.34. The highest BCUT2D eigenvalue weighted by molar-refractivity contribution is 5.17. The first-order chi connectivity index (χ1) is 8.19. The van der Waals surface area contributed by atoms with Gasteiger partial charge < -0.3 is 5.11 Å². The van der Waals surface area contributed by atoms with Crippen LogP contribution in [0.15, 0.2) is 18.2 Å². The molecule has 4 heteroatoms. The fourth-order valence-corrected chi connectivity index (χ4v) is 2.34. The summed E-state index contributed by atoms with van der Waals surface area (Å²) in [6, 6.07) is 4.02. The van der Waals surface area contributed by atoms with E-state index in [0.717, 1.165) is 37.6 Å². The fraction of sp³-hybridized carbons (Fsp3) is 0.538. The predicted molar refractivity (Wildman–Crippen MR) is 61.4 cm³/mol. The van der Waals surface area contributed by atoms with Crippen LogP contribution in [-0.4, -0.2) is 29.7 Å². The Balaban J connectivity index is 1.97. The van der Waals surface area contributed by atoms with E-state index < -0.39 is 11.6 Å². The Hall–Kier alpha value is -1.00. The molecule has 0 aliphatic carbocycles. The zero-order valence-corrected chi connectivity index (χ0v) is 9.70. The third kappa shape index (κ3) is 3.23. The minimum atomic E-state index is -0.805. The second-order valence-electron chi connectivity index (χ2n) is 4.67. The van der Waals surface area contributed by atoms with E-state index in [1.807, 2.05) is 0 Å². The third-order valence-electron chi connectivity index (χ3n) is 3.25. The summed E-state index contributed by atoms with van der Waals surface area (Å²) in [5, 5.41) is 9.12. The molecule has 17 heavy (non-hydrogen) atoms. The molecule has 0 radical (unpaired) electrons. The summed E-state index contributed by atoms with van der Waals surface area (Å²) < 4.78 is 25.8. The van der Waals surface area contributed by atoms with Gasteiger partial charge in [0.25, 0.3) is 0 Å². The smallest absolute Gasteiger partial charge is 0.159 e. The molecule has 1 aliphatic heterocycles. The van der Waals surface area contributed by atoms with Gasteiger partial charge in [0.2, 0.25) is 0 Å². The van der Waals surface area contributed by atoms with E-state index in [0.29, 0.717) is 12.5 Å². The Bertz CT molecular complexity index is 384. The molecule has 2 rings (SSSR count). The summed E-state index contributed by atoms with van der Waals surface area (Å²) >= 11 is 0. The van der Waals surface area contributed by atoms with Gasteiger partial charge >= 0.3 is 0 Å². The molecule has 0 bridgehead atoms. The highest BCUT2D eigenvalue weighted by Crippen LogP contribution is 2.18. The first-order valence-electron chi connectivity index (χ1n) is 5.96. The lowest BCUT2D eigenvalue weighted by molar-refractivity contribution is 0.116. The molecule has 1 aromatic rings. The molecule has 2 nitrogen and oxygen atoms in total. The maximum atomic E-state index is 13.0. The third-order valence-corrected chi connectivity index (χ3v) is 3.25. The van der Waals surface area contributed by atoms with Gasteiger partial charge in [-0.15, -0.1) is 0 Å². The van der Waals surface area contributed by atoms with Crippen LogP contribution in [0.5, 0.6) is 0 Å². The molecular weight excluding hydrogens is 224 g/mol. The van der Waals surface area contributed by atoms with Crippen LogP contribution in [0.3, 0.4) is 0 Å². The first kappa shape index (κ1) is 12.5. The summed E-state index contributed by atoms with van der Waals surface area (Å²) in [5.74, 6) is -1.28. The van der Waals surface area contributed by atoms with Crippen molar-refractivity contribution in [2.75, 3.05) is 19.7 Å². The van der Waals surface area contributed by atoms with Gasteiger partial charge in [-0.3, -0.25) is 4.90 Å². The maximum absolute atomic E-state index is 13.0. The van der Waals surface area contributed by atoms with Crippen LogP contribution < -0.4 is 0 Å². The van der Waals surface area contributed by atoms with Crippen LogP contribution in [-0.2, 0) is 6.54 Å². The van der Waals surface area contributed by atoms with E-state index in [4.69, 9.17) is 5.11 Å². The highest BCUT2D eigenvalue weighted by atomic mass is 19.2. The summed E-state index contributed by atoms with van der Waals surface area (Å²) in [4.78, 5) is 2.18. The van der Waals surface area contributed by atoms with Gasteiger partial charge in [-0.1, -0.05) is 6.07 Å². The van der Waals surface area contributed by atoms with Crippen molar-refractivity contribution in [2.45, 2.75) is 19.4 Å². The number of hydrogen-bond donors (Lipinski definition) is 1. The van der Waals surface area contributed by atoms with Crippen molar-refractivity contribution < 1.29 is 13.9 Å². The Morgan fingerprint density at radius 1 is 1.29 bits per heavy atom. The lowest BCUT2D eigenvalue weighted by Crippen LogP contribution is -2.36. The van der Waals surface area contributed by atoms with Gasteiger partial charge in [-0.2, -0.15) is 0 Å². The monoisotopic (exact) mass is 241 g/mol. The number of likely N-dealkylation sites (tertiary alicyclic amines) is 1. The molecule has 0 unspecified atom stereocenters. The molecule has 1 N–H and O–H groups in total. The molecule has 1 atom stereocenters. The number of nitrogens with zero attached hydrogens (tertiary/aromatic N) is 1. The second-order valence-corrected chi connectivity index (χ2v) is 4.67. The minimum absolute atomic E-state index is 0.203. The zero-order chi connectivity index (χ0) is 12.3. The van der Waals surface area contributed by atoms with Crippen LogP contribution in [0.2, 0.25) is 0 Å². The SMILES string of the molecule is OC[C@H]1CCCN(Cc2ccc(F)c(F)c2)C1. The first-order valence-corrected chi connectivity index (χ1v) is 5.96. The Morgan fingerprint density at radius 2 is 2.12 bits per heavy atom. The molecule has 1 fully saturated rings. The van der Waals surface area contributed by atoms with Crippen LogP contribution in [0, 0.1) is 17.6 Å². The molecule has 1 heterocycles. The molecule has 0 saturated carbocycles. The average molecular weight is 241 g/mol. The van der Waals surface area contributed by atoms with Gasteiger partial charge in [0.05, 0.1) is 0 Å². The summed E-state index contributed by atoms with van der Waals surface area (Å²) in [7, 11) is 0. The second kappa shape index (κ2) is 5.56. The lowest BCUT2D eigenvalue weighted by Gasteiger charge is -2.31. The molecule has 94 valence electrons. The normalized spacial score (nSPS) is 21.7. The van der Waals surface area contributed by atoms with Crippen molar-refractivity contribution in [3.8, 4) is 0 Å². The van der Waals surface area contributed by atoms with Crippen molar-refractivity contribution in [3.05, 3.63) is 35.4 Å². The van der Waals surface area contributed by atoms with Crippen LogP contribution in [0.1, 0.15) is 18.4 Å². The van der Waals surface area contributed by atoms with Crippen LogP contribution in [0.4, 0.5) is 8.78 Å². The van der Waals surface area contributed by atoms with Gasteiger partial charge in [-0.05, 0) is 43.0 Å². The number of aliphatic hydroxyl groups is 1. The number of hydrogen-bond acceptors (Lipinski definition) is 2. The van der Waals surface area contributed by atoms with Crippen LogP contribution in [0.25, 0.3) is 0 Å². The molecule has 0 amide bonds. The highest BCUT2D eigenvalue weighted by Gasteiger charge is 2.19. The van der Waals surface area contributed by atoms with Gasteiger partial charge in [-0.25, -0.2) is 8.78 Å². The standard InChI is InChI=1S/C13H17F2NO/c14-12-4-3-10(6-13(12)15)7-16-5-1-2-11(8-16)9-17/h3-4,6,11,17H,1-2,5,7-9H2/t11-/m0/s1. The van der Waals surface area contributed by atoms with Crippen molar-refractivity contribution in [3.63, 3.8) is 0 Å². The number of halogens is 2. The Morgan fingerprint density at radius 3 is 2.82 bits per heavy atom. The average Bonchev–Trinajstić information content (AvgIpc) is 2.34. The molecular formula is C13H17F2NO. The maximum Gasteiger partial charge on any atom is 0.159 e. The summed E-state index contributed by atoms with van der Waals surface area (Å²) in [6.45, 7) is 2.60. The van der Waals surface area contributed by atoms with E-state index in [9.17, 15) is 8.78 Å². The van der Waals surface area contributed by atoms with E-state index >= 15 is 0 Å². The quantitative estimate of drug-likeness (QED) is 0.876. The Labute approximate surface area is 99.9 Å². The molecule has 1 aliphatic rings. The summed E-state index contributed by atoms with van der Waals surface area (Å²) in [6.07, 6.45) is 2.10. The van der Waals surface area contributed by atoms with E-state index in [-0.39, 0.29) is 6.61 Å². The molecule has 1 aromatic carbocycles. The van der Waals surface area contributed by atoms with E-state index in [1.165, 1.54) is 6.07 Å². The van der Waals surface area contributed by atoms with Crippen molar-refractivity contribution in [1.82, 2.24) is 4.90 Å². The minimum Gasteiger partial charge on any atom is -0.396 e. The predicted octanol–water partition coefficient (Wildman–Crippen LogP) is 2.17.